The fourth-order valence-electron chi connectivity index (χ4n) is 6.81. The van der Waals surface area contributed by atoms with Crippen molar-refractivity contribution in [2.24, 2.45) is 0 Å². The minimum atomic E-state index is -5.93. The molecule has 0 heterocycles. The van der Waals surface area contributed by atoms with Gasteiger partial charge in [0, 0.05) is 0 Å². The Morgan fingerprint density at radius 2 is 0.469 bits per heavy atom. The van der Waals surface area contributed by atoms with E-state index in [9.17, 15) is 6.80 Å². The molecule has 0 saturated carbocycles. The Kier molecular flexibility index (Phi) is 12.7. The summed E-state index contributed by atoms with van der Waals surface area (Å²) in [6.45, 7) is 0. The Bertz CT molecular complexity index is 1620. The van der Waals surface area contributed by atoms with Gasteiger partial charge in [-0.05, 0) is 0 Å². The summed E-state index contributed by atoms with van der Waals surface area (Å²) < 4.78 is 47.5. The fourth-order valence-corrected chi connectivity index (χ4v) is 53.8. The van der Waals surface area contributed by atoms with Crippen molar-refractivity contribution in [2.45, 2.75) is 26.6 Å². The van der Waals surface area contributed by atoms with E-state index in [1.807, 2.05) is 109 Å². The zero-order valence-electron chi connectivity index (χ0n) is 27.6. The fraction of sp³-hybridized carbons (Fsp3) is 0.143. The van der Waals surface area contributed by atoms with Crippen LogP contribution in [-0.2, 0) is 53.6 Å². The molecule has 4 nitrogen and oxygen atoms in total. The zero-order chi connectivity index (χ0) is 33.8. The van der Waals surface area contributed by atoms with Crippen molar-refractivity contribution in [1.82, 2.24) is 0 Å². The number of hydrogen-bond donors (Lipinski definition) is 0. The molecule has 6 rings (SSSR count). The van der Waals surface area contributed by atoms with Crippen LogP contribution in [0.4, 0.5) is 0 Å². The first kappa shape index (κ1) is 35.9. The molecule has 49 heavy (non-hydrogen) atoms. The summed E-state index contributed by atoms with van der Waals surface area (Å²) in [6, 6.07) is 61.5. The van der Waals surface area contributed by atoms with Crippen LogP contribution in [0.15, 0.2) is 182 Å². The van der Waals surface area contributed by atoms with Gasteiger partial charge >= 0.3 is 307 Å². The first-order chi connectivity index (χ1) is 23.9. The Balaban J connectivity index is 1.45. The van der Waals surface area contributed by atoms with Crippen LogP contribution in [0.3, 0.4) is 0 Å². The third-order valence-corrected chi connectivity index (χ3v) is 48.4. The predicted octanol–water partition coefficient (Wildman–Crippen LogP) is 9.28. The number of rotatable bonds is 16. The molecule has 248 valence electrons. The van der Waals surface area contributed by atoms with Crippen LogP contribution in [0.2, 0.25) is 0 Å². The second-order valence-corrected chi connectivity index (χ2v) is 40.9. The molecule has 0 atom stereocenters. The molecule has 0 fully saturated rings. The van der Waals surface area contributed by atoms with Gasteiger partial charge in [0.05, 0.1) is 0 Å². The SMILES string of the molecule is [O]=[Mo](=[O])([O][Sn]([CH2]c1ccccc1)([CH2]c1ccccc1)[CH2]c1ccccc1)[O][Sn]([CH2]c1ccccc1)([CH2]c1ccccc1)[CH2]c1ccccc1. The molecule has 0 aliphatic heterocycles. The van der Waals surface area contributed by atoms with Gasteiger partial charge in [-0.15, -0.1) is 0 Å². The van der Waals surface area contributed by atoms with Crippen LogP contribution < -0.4 is 0 Å². The van der Waals surface area contributed by atoms with Gasteiger partial charge in [0.15, 0.2) is 0 Å². The molecule has 0 unspecified atom stereocenters. The van der Waals surface area contributed by atoms with Crippen LogP contribution >= 0.6 is 0 Å². The van der Waals surface area contributed by atoms with E-state index in [1.165, 1.54) is 0 Å². The van der Waals surface area contributed by atoms with Crippen LogP contribution in [0.25, 0.3) is 0 Å². The maximum absolute atomic E-state index is 15.0. The van der Waals surface area contributed by atoms with E-state index in [0.717, 1.165) is 33.4 Å². The molecule has 7 heteroatoms. The normalized spacial score (nSPS) is 12.1. The molecule has 6 aromatic rings. The summed E-state index contributed by atoms with van der Waals surface area (Å²) in [5.41, 5.74) is 6.65. The molecule has 0 aliphatic carbocycles. The molecule has 0 spiro atoms. The average Bonchev–Trinajstić information content (AvgIpc) is 3.10. The quantitative estimate of drug-likeness (QED) is 0.0909. The molecule has 0 radical (unpaired) electrons. The molecule has 0 saturated heterocycles. The summed E-state index contributed by atoms with van der Waals surface area (Å²) in [4.78, 5) is 0. The van der Waals surface area contributed by atoms with Gasteiger partial charge in [0.25, 0.3) is 0 Å². The van der Waals surface area contributed by atoms with Crippen molar-refractivity contribution < 1.29 is 27.0 Å². The zero-order valence-corrected chi connectivity index (χ0v) is 35.3. The average molecular weight is 944 g/mol. The van der Waals surface area contributed by atoms with Crippen molar-refractivity contribution in [1.29, 1.82) is 0 Å². The molecule has 6 aromatic carbocycles. The Hall–Kier alpha value is -2.87. The van der Waals surface area contributed by atoms with E-state index in [0.29, 0.717) is 26.6 Å². The summed E-state index contributed by atoms with van der Waals surface area (Å²) in [5.74, 6) is 0. The monoisotopic (exact) mass is 948 g/mol. The predicted molar refractivity (Wildman–Crippen MR) is 196 cm³/mol. The van der Waals surface area contributed by atoms with E-state index < -0.39 is 54.3 Å². The molecule has 0 amide bonds. The standard InChI is InChI=1S/6C7H7.Mo.4O.2Sn/c6*1-7-5-3-2-4-6-7;;;;;;;/h6*2-6H,1H2;;;;;;;. The molecule has 0 N–H and O–H groups in total. The van der Waals surface area contributed by atoms with E-state index in [1.54, 1.807) is 0 Å². The van der Waals surface area contributed by atoms with E-state index in [4.69, 9.17) is 3.45 Å². The summed E-state index contributed by atoms with van der Waals surface area (Å²) in [6.07, 6.45) is 0. The van der Waals surface area contributed by atoms with Crippen molar-refractivity contribution in [3.05, 3.63) is 215 Å². The second-order valence-electron chi connectivity index (χ2n) is 12.9. The van der Waals surface area contributed by atoms with Gasteiger partial charge in [0.2, 0.25) is 0 Å². The Morgan fingerprint density at radius 1 is 0.306 bits per heavy atom. The van der Waals surface area contributed by atoms with Crippen LogP contribution in [0, 0.1) is 0 Å². The maximum atomic E-state index is 15.0. The van der Waals surface area contributed by atoms with Crippen LogP contribution in [0.5, 0.6) is 0 Å². The van der Waals surface area contributed by atoms with Crippen molar-refractivity contribution in [3.8, 4) is 0 Å². The first-order valence-electron chi connectivity index (χ1n) is 16.8. The third kappa shape index (κ3) is 11.1. The minimum absolute atomic E-state index is 0.624. The van der Waals surface area contributed by atoms with Crippen molar-refractivity contribution in [2.75, 3.05) is 0 Å². The first-order valence-corrected chi connectivity index (χ1v) is 34.5. The Labute approximate surface area is 303 Å². The number of hydrogen-bond acceptors (Lipinski definition) is 4. The Morgan fingerprint density at radius 3 is 0.633 bits per heavy atom. The van der Waals surface area contributed by atoms with Gasteiger partial charge in [0.1, 0.15) is 0 Å². The summed E-state index contributed by atoms with van der Waals surface area (Å²) in [5, 5.41) is 0. The van der Waals surface area contributed by atoms with Crippen LogP contribution in [0.1, 0.15) is 33.4 Å². The van der Waals surface area contributed by atoms with E-state index in [2.05, 4.69) is 72.8 Å². The van der Waals surface area contributed by atoms with Crippen molar-refractivity contribution in [3.63, 3.8) is 0 Å². The molecular formula is C42H42MoO4Sn2. The van der Waals surface area contributed by atoms with Gasteiger partial charge < -0.3 is 0 Å². The summed E-state index contributed by atoms with van der Waals surface area (Å²) in [7, 11) is 0. The summed E-state index contributed by atoms with van der Waals surface area (Å²) >= 11 is -14.4. The van der Waals surface area contributed by atoms with Crippen molar-refractivity contribution >= 4 is 37.6 Å². The van der Waals surface area contributed by atoms with Gasteiger partial charge in [-0.2, -0.15) is 0 Å². The molecule has 0 aromatic heterocycles. The van der Waals surface area contributed by atoms with E-state index in [-0.39, 0.29) is 0 Å². The molecular weight excluding hydrogens is 902 g/mol. The van der Waals surface area contributed by atoms with Gasteiger partial charge in [-0.1, -0.05) is 0 Å². The van der Waals surface area contributed by atoms with Gasteiger partial charge in [-0.3, -0.25) is 0 Å². The molecule has 0 aliphatic rings. The second kappa shape index (κ2) is 17.4. The number of benzene rings is 6. The topological polar surface area (TPSA) is 52.6 Å². The van der Waals surface area contributed by atoms with E-state index >= 15 is 0 Å². The third-order valence-electron chi connectivity index (χ3n) is 8.77. The molecule has 0 bridgehead atoms. The van der Waals surface area contributed by atoms with Gasteiger partial charge in [-0.25, -0.2) is 0 Å². The van der Waals surface area contributed by atoms with Crippen LogP contribution in [-0.4, -0.2) is 37.6 Å².